The summed E-state index contributed by atoms with van der Waals surface area (Å²) in [7, 11) is -3.27. The van der Waals surface area contributed by atoms with Gasteiger partial charge in [0.25, 0.3) is 0 Å². The van der Waals surface area contributed by atoms with Crippen LogP contribution >= 0.6 is 24.0 Å². The molecule has 2 fully saturated rings. The molecule has 2 rings (SSSR count). The lowest BCUT2D eigenvalue weighted by Gasteiger charge is -2.36. The van der Waals surface area contributed by atoms with Gasteiger partial charge in [0.2, 0.25) is 10.0 Å². The lowest BCUT2D eigenvalue weighted by atomic mass is 10.3. The highest BCUT2D eigenvalue weighted by Gasteiger charge is 2.28. The van der Waals surface area contributed by atoms with E-state index in [1.165, 1.54) is 0 Å². The van der Waals surface area contributed by atoms with E-state index in [0.29, 0.717) is 26.2 Å². The molecule has 2 heterocycles. The number of hydrogen-bond donors (Lipinski definition) is 1. The Kier molecular flexibility index (Phi) is 13.7. The Morgan fingerprint density at radius 2 is 1.80 bits per heavy atom. The molecule has 2 saturated heterocycles. The fraction of sp³-hybridized carbons (Fsp3) is 0.947. The molecule has 0 amide bonds. The average molecular weight is 562 g/mol. The Labute approximate surface area is 199 Å². The zero-order valence-corrected chi connectivity index (χ0v) is 21.9. The van der Waals surface area contributed by atoms with Gasteiger partial charge in [-0.3, -0.25) is 9.89 Å². The molecule has 0 aliphatic carbocycles. The number of ether oxygens (including phenoxy) is 2. The van der Waals surface area contributed by atoms with Crippen LogP contribution in [-0.2, 0) is 19.5 Å². The van der Waals surface area contributed by atoms with Crippen LogP contribution in [0.15, 0.2) is 4.99 Å². The monoisotopic (exact) mass is 561 g/mol. The first kappa shape index (κ1) is 27.8. The molecule has 2 aliphatic rings. The van der Waals surface area contributed by atoms with E-state index in [-0.39, 0.29) is 42.4 Å². The summed E-state index contributed by atoms with van der Waals surface area (Å²) in [5.41, 5.74) is 0. The number of sulfonamides is 1. The summed E-state index contributed by atoms with van der Waals surface area (Å²) in [5, 5.41) is 3.35. The van der Waals surface area contributed by atoms with Crippen molar-refractivity contribution in [2.75, 3.05) is 84.5 Å². The lowest BCUT2D eigenvalue weighted by molar-refractivity contribution is 0.0377. The number of nitrogens with one attached hydrogen (secondary N) is 1. The molecule has 0 spiro atoms. The molecule has 0 aromatic carbocycles. The molecule has 11 heteroatoms. The summed E-state index contributed by atoms with van der Waals surface area (Å²) in [6, 6.07) is 0. The maximum absolute atomic E-state index is 12.5. The van der Waals surface area contributed by atoms with Crippen LogP contribution in [-0.4, -0.2) is 119 Å². The first-order valence-corrected chi connectivity index (χ1v) is 12.5. The Bertz CT molecular complexity index is 592. The van der Waals surface area contributed by atoms with Gasteiger partial charge in [-0.1, -0.05) is 0 Å². The number of hydrogen-bond acceptors (Lipinski definition) is 6. The molecule has 30 heavy (non-hydrogen) atoms. The van der Waals surface area contributed by atoms with Gasteiger partial charge < -0.3 is 19.7 Å². The van der Waals surface area contributed by atoms with Gasteiger partial charge in [0.1, 0.15) is 0 Å². The van der Waals surface area contributed by atoms with E-state index < -0.39 is 10.0 Å². The van der Waals surface area contributed by atoms with Gasteiger partial charge in [0.15, 0.2) is 5.96 Å². The minimum Gasteiger partial charge on any atom is -0.379 e. The van der Waals surface area contributed by atoms with Gasteiger partial charge >= 0.3 is 0 Å². The minimum atomic E-state index is -3.27. The van der Waals surface area contributed by atoms with Crippen LogP contribution in [0.5, 0.6) is 0 Å². The van der Waals surface area contributed by atoms with E-state index in [1.807, 2.05) is 13.8 Å². The van der Waals surface area contributed by atoms with Crippen molar-refractivity contribution in [3.63, 3.8) is 0 Å². The van der Waals surface area contributed by atoms with Crippen molar-refractivity contribution in [2.24, 2.45) is 4.99 Å². The maximum Gasteiger partial charge on any atom is 0.216 e. The van der Waals surface area contributed by atoms with Crippen LogP contribution in [0.2, 0.25) is 0 Å². The van der Waals surface area contributed by atoms with Crippen LogP contribution in [0.4, 0.5) is 0 Å². The molecular formula is C19H40IN5O4S. The van der Waals surface area contributed by atoms with Gasteiger partial charge in [-0.05, 0) is 27.2 Å². The predicted octanol–water partition coefficient (Wildman–Crippen LogP) is 0.665. The van der Waals surface area contributed by atoms with E-state index in [9.17, 15) is 8.42 Å². The van der Waals surface area contributed by atoms with Gasteiger partial charge in [-0.25, -0.2) is 8.42 Å². The van der Waals surface area contributed by atoms with E-state index in [4.69, 9.17) is 14.5 Å². The number of guanidine groups is 1. The molecule has 0 bridgehead atoms. The topological polar surface area (TPSA) is 86.7 Å². The van der Waals surface area contributed by atoms with Crippen molar-refractivity contribution in [3.05, 3.63) is 0 Å². The van der Waals surface area contributed by atoms with Gasteiger partial charge in [0, 0.05) is 58.9 Å². The summed E-state index contributed by atoms with van der Waals surface area (Å²) in [6.45, 7) is 14.7. The number of rotatable bonds is 10. The van der Waals surface area contributed by atoms with Gasteiger partial charge in [-0.2, -0.15) is 4.31 Å². The van der Waals surface area contributed by atoms with Crippen molar-refractivity contribution in [1.29, 1.82) is 0 Å². The Balaban J connectivity index is 0.00000450. The van der Waals surface area contributed by atoms with Gasteiger partial charge in [0.05, 0.1) is 31.7 Å². The molecule has 178 valence electrons. The first-order chi connectivity index (χ1) is 13.9. The van der Waals surface area contributed by atoms with Crippen LogP contribution in [0.3, 0.4) is 0 Å². The largest absolute Gasteiger partial charge is 0.379 e. The summed E-state index contributed by atoms with van der Waals surface area (Å²) < 4.78 is 37.4. The summed E-state index contributed by atoms with van der Waals surface area (Å²) >= 11 is 0. The molecule has 0 unspecified atom stereocenters. The Morgan fingerprint density at radius 3 is 2.40 bits per heavy atom. The third kappa shape index (κ3) is 9.94. The quantitative estimate of drug-likeness (QED) is 0.182. The highest BCUT2D eigenvalue weighted by Crippen LogP contribution is 2.09. The van der Waals surface area contributed by atoms with Crippen molar-refractivity contribution in [3.8, 4) is 0 Å². The van der Waals surface area contributed by atoms with Gasteiger partial charge in [-0.15, -0.1) is 24.0 Å². The van der Waals surface area contributed by atoms with Crippen LogP contribution < -0.4 is 5.32 Å². The third-order valence-electron chi connectivity index (χ3n) is 5.06. The summed E-state index contributed by atoms with van der Waals surface area (Å²) in [5.74, 6) is 0.926. The number of morpholine rings is 1. The lowest BCUT2D eigenvalue weighted by Crippen LogP contribution is -2.54. The number of aliphatic imine (C=N–C) groups is 1. The van der Waals surface area contributed by atoms with Crippen LogP contribution in [0, 0.1) is 0 Å². The molecule has 1 N–H and O–H groups in total. The Morgan fingerprint density at radius 1 is 1.13 bits per heavy atom. The predicted molar refractivity (Wildman–Crippen MR) is 131 cm³/mol. The maximum atomic E-state index is 12.5. The molecule has 0 saturated carbocycles. The minimum absolute atomic E-state index is 0. The highest BCUT2D eigenvalue weighted by molar-refractivity contribution is 14.0. The second-order valence-corrected chi connectivity index (χ2v) is 9.75. The van der Waals surface area contributed by atoms with Crippen molar-refractivity contribution in [2.45, 2.75) is 33.3 Å². The molecule has 9 nitrogen and oxygen atoms in total. The molecule has 2 aliphatic heterocycles. The summed E-state index contributed by atoms with van der Waals surface area (Å²) in [6.07, 6.45) is 1.06. The van der Waals surface area contributed by atoms with E-state index in [1.54, 1.807) is 4.31 Å². The molecular weight excluding hydrogens is 521 g/mol. The Hall–Kier alpha value is -0.210. The SMILES string of the molecule is CCNC(=NCCCN1CCOCC1)N1CCN(S(=O)(=O)CCOC(C)C)CC1.I. The standard InChI is InChI=1S/C19H39N5O4S.HI/c1-4-20-19(21-6-5-7-22-12-14-27-15-13-22)23-8-10-24(11-9-23)29(25,26)17-16-28-18(2)3;/h18H,4-17H2,1-3H3,(H,20,21);1H. The van der Waals surface area contributed by atoms with Crippen molar-refractivity contribution < 1.29 is 17.9 Å². The van der Waals surface area contributed by atoms with Crippen LogP contribution in [0.1, 0.15) is 27.2 Å². The molecule has 0 aromatic heterocycles. The zero-order chi connectivity index (χ0) is 21.1. The van der Waals surface area contributed by atoms with Crippen LogP contribution in [0.25, 0.3) is 0 Å². The highest BCUT2D eigenvalue weighted by atomic mass is 127. The molecule has 0 radical (unpaired) electrons. The number of piperazine rings is 1. The smallest absolute Gasteiger partial charge is 0.216 e. The van der Waals surface area contributed by atoms with E-state index >= 15 is 0 Å². The fourth-order valence-electron chi connectivity index (χ4n) is 3.43. The fourth-order valence-corrected chi connectivity index (χ4v) is 4.71. The van der Waals surface area contributed by atoms with Crippen molar-refractivity contribution in [1.82, 2.24) is 19.4 Å². The van der Waals surface area contributed by atoms with E-state index in [0.717, 1.165) is 58.3 Å². The normalized spacial score (nSPS) is 19.7. The first-order valence-electron chi connectivity index (χ1n) is 10.8. The number of nitrogens with zero attached hydrogens (tertiary/aromatic N) is 4. The second kappa shape index (κ2) is 14.8. The zero-order valence-electron chi connectivity index (χ0n) is 18.7. The summed E-state index contributed by atoms with van der Waals surface area (Å²) in [4.78, 5) is 9.34. The molecule has 0 atom stereocenters. The second-order valence-electron chi connectivity index (χ2n) is 7.66. The van der Waals surface area contributed by atoms with E-state index in [2.05, 4.69) is 22.0 Å². The average Bonchev–Trinajstić information content (AvgIpc) is 2.71. The third-order valence-corrected chi connectivity index (χ3v) is 6.89. The van der Waals surface area contributed by atoms with Crippen molar-refractivity contribution >= 4 is 40.0 Å². The molecule has 0 aromatic rings. The number of halogens is 1.